The summed E-state index contributed by atoms with van der Waals surface area (Å²) in [4.78, 5) is 0. The third-order valence-corrected chi connectivity index (χ3v) is 6.43. The van der Waals surface area contributed by atoms with Gasteiger partial charge in [-0.2, -0.15) is 0 Å². The number of hydrogen-bond donors (Lipinski definition) is 2. The van der Waals surface area contributed by atoms with Gasteiger partial charge in [0.05, 0.1) is 0 Å². The molecule has 1 aromatic rings. The van der Waals surface area contributed by atoms with E-state index in [4.69, 9.17) is 0 Å². The summed E-state index contributed by atoms with van der Waals surface area (Å²) in [5.41, 5.74) is 2.53. The van der Waals surface area contributed by atoms with Gasteiger partial charge in [0.25, 0.3) is 0 Å². The second-order valence-electron chi connectivity index (χ2n) is 7.38. The number of aromatic hydroxyl groups is 2. The van der Waals surface area contributed by atoms with Crippen LogP contribution in [-0.4, -0.2) is 10.2 Å². The first-order valence-electron chi connectivity index (χ1n) is 7.30. The number of fused-ring (bicyclic) bond motifs is 2. The van der Waals surface area contributed by atoms with Crippen LogP contribution in [0.25, 0.3) is 0 Å². The highest BCUT2D eigenvalue weighted by Crippen LogP contribution is 2.71. The smallest absolute Gasteiger partial charge is 0.160 e. The Labute approximate surface area is 115 Å². The molecule has 0 radical (unpaired) electrons. The molecule has 0 aromatic heterocycles. The SMILES string of the molecule is Cc1cc(O)c(O)c(C2CC3CCC2(C)C3(C)C)c1. The van der Waals surface area contributed by atoms with Gasteiger partial charge in [0.15, 0.2) is 11.5 Å². The molecule has 0 spiro atoms. The van der Waals surface area contributed by atoms with Crippen LogP contribution in [0.3, 0.4) is 0 Å². The Balaban J connectivity index is 2.11. The molecule has 2 bridgehead atoms. The van der Waals surface area contributed by atoms with Crippen LogP contribution in [0.4, 0.5) is 0 Å². The summed E-state index contributed by atoms with van der Waals surface area (Å²) in [6.07, 6.45) is 3.67. The van der Waals surface area contributed by atoms with Crippen molar-refractivity contribution in [2.45, 2.75) is 52.9 Å². The zero-order valence-electron chi connectivity index (χ0n) is 12.3. The molecule has 0 saturated heterocycles. The van der Waals surface area contributed by atoms with Gasteiger partial charge in [-0.3, -0.25) is 0 Å². The minimum Gasteiger partial charge on any atom is -0.504 e. The Bertz CT molecular complexity index is 532. The number of rotatable bonds is 1. The van der Waals surface area contributed by atoms with Gasteiger partial charge < -0.3 is 10.2 Å². The first-order chi connectivity index (χ1) is 8.77. The minimum absolute atomic E-state index is 0.0270. The summed E-state index contributed by atoms with van der Waals surface area (Å²) >= 11 is 0. The van der Waals surface area contributed by atoms with Gasteiger partial charge in [-0.1, -0.05) is 26.8 Å². The predicted molar refractivity (Wildman–Crippen MR) is 76.5 cm³/mol. The highest BCUT2D eigenvalue weighted by molar-refractivity contribution is 5.50. The largest absolute Gasteiger partial charge is 0.504 e. The Morgan fingerprint density at radius 3 is 2.37 bits per heavy atom. The fourth-order valence-electron chi connectivity index (χ4n) is 4.73. The van der Waals surface area contributed by atoms with Gasteiger partial charge >= 0.3 is 0 Å². The van der Waals surface area contributed by atoms with E-state index in [1.807, 2.05) is 6.92 Å². The first-order valence-corrected chi connectivity index (χ1v) is 7.30. The molecule has 3 unspecified atom stereocenters. The highest BCUT2D eigenvalue weighted by Gasteiger charge is 2.61. The monoisotopic (exact) mass is 260 g/mol. The van der Waals surface area contributed by atoms with Gasteiger partial charge in [0, 0.05) is 5.56 Å². The maximum Gasteiger partial charge on any atom is 0.160 e. The molecule has 0 heterocycles. The van der Waals surface area contributed by atoms with Crippen LogP contribution in [0.15, 0.2) is 12.1 Å². The number of phenols is 2. The average molecular weight is 260 g/mol. The second-order valence-corrected chi connectivity index (χ2v) is 7.38. The van der Waals surface area contributed by atoms with Crippen molar-refractivity contribution >= 4 is 0 Å². The molecule has 3 rings (SSSR count). The molecular formula is C17H24O2. The Kier molecular flexibility index (Phi) is 2.49. The van der Waals surface area contributed by atoms with Crippen LogP contribution < -0.4 is 0 Å². The van der Waals surface area contributed by atoms with E-state index in [0.29, 0.717) is 11.3 Å². The van der Waals surface area contributed by atoms with E-state index in [9.17, 15) is 10.2 Å². The summed E-state index contributed by atoms with van der Waals surface area (Å²) in [6, 6.07) is 3.70. The molecule has 0 aliphatic heterocycles. The number of benzene rings is 1. The van der Waals surface area contributed by atoms with Gasteiger partial charge in [0.1, 0.15) is 0 Å². The fourth-order valence-corrected chi connectivity index (χ4v) is 4.73. The summed E-state index contributed by atoms with van der Waals surface area (Å²) in [5, 5.41) is 20.1. The quantitative estimate of drug-likeness (QED) is 0.738. The van der Waals surface area contributed by atoms with Crippen LogP contribution in [-0.2, 0) is 0 Å². The van der Waals surface area contributed by atoms with Crippen LogP contribution in [0.1, 0.15) is 57.1 Å². The molecule has 19 heavy (non-hydrogen) atoms. The van der Waals surface area contributed by atoms with Crippen molar-refractivity contribution in [2.75, 3.05) is 0 Å². The van der Waals surface area contributed by atoms with Gasteiger partial charge in [-0.25, -0.2) is 0 Å². The number of hydrogen-bond acceptors (Lipinski definition) is 2. The van der Waals surface area contributed by atoms with E-state index in [1.54, 1.807) is 6.07 Å². The van der Waals surface area contributed by atoms with Crippen LogP contribution in [0.2, 0.25) is 0 Å². The van der Waals surface area contributed by atoms with Crippen molar-refractivity contribution in [1.29, 1.82) is 0 Å². The average Bonchev–Trinajstić information content (AvgIpc) is 2.66. The van der Waals surface area contributed by atoms with Gasteiger partial charge in [-0.15, -0.1) is 0 Å². The molecule has 2 N–H and O–H groups in total. The van der Waals surface area contributed by atoms with Crippen molar-refractivity contribution in [1.82, 2.24) is 0 Å². The van der Waals surface area contributed by atoms with Crippen LogP contribution in [0, 0.1) is 23.7 Å². The second kappa shape index (κ2) is 3.68. The van der Waals surface area contributed by atoms with Crippen LogP contribution >= 0.6 is 0 Å². The normalized spacial score (nSPS) is 35.8. The molecule has 2 heteroatoms. The van der Waals surface area contributed by atoms with Crippen LogP contribution in [0.5, 0.6) is 11.5 Å². The topological polar surface area (TPSA) is 40.5 Å². The summed E-state index contributed by atoms with van der Waals surface area (Å²) in [5.74, 6) is 1.23. The Morgan fingerprint density at radius 1 is 1.16 bits per heavy atom. The standard InChI is InChI=1S/C17H24O2/c1-10-7-12(15(19)14(18)8-10)13-9-11-5-6-17(13,4)16(11,2)3/h7-8,11,13,18-19H,5-6,9H2,1-4H3. The molecule has 2 nitrogen and oxygen atoms in total. The lowest BCUT2D eigenvalue weighted by Crippen LogP contribution is -2.31. The Hall–Kier alpha value is -1.18. The summed E-state index contributed by atoms with van der Waals surface area (Å²) < 4.78 is 0. The van der Waals surface area contributed by atoms with Crippen molar-refractivity contribution in [2.24, 2.45) is 16.7 Å². The molecule has 2 aliphatic carbocycles. The third-order valence-electron chi connectivity index (χ3n) is 6.43. The lowest BCUT2D eigenvalue weighted by Gasteiger charge is -2.39. The minimum atomic E-state index is 0.0270. The van der Waals surface area contributed by atoms with E-state index in [-0.39, 0.29) is 16.9 Å². The zero-order valence-corrected chi connectivity index (χ0v) is 12.3. The molecule has 3 atom stereocenters. The maximum absolute atomic E-state index is 10.2. The van der Waals surface area contributed by atoms with E-state index < -0.39 is 0 Å². The van der Waals surface area contributed by atoms with E-state index in [0.717, 1.165) is 23.5 Å². The summed E-state index contributed by atoms with van der Waals surface area (Å²) in [6.45, 7) is 9.08. The van der Waals surface area contributed by atoms with Crippen molar-refractivity contribution in [3.8, 4) is 11.5 Å². The predicted octanol–water partition coefficient (Wildman–Crippen LogP) is 4.34. The molecule has 2 fully saturated rings. The van der Waals surface area contributed by atoms with Gasteiger partial charge in [0.2, 0.25) is 0 Å². The van der Waals surface area contributed by atoms with E-state index in [1.165, 1.54) is 12.8 Å². The highest BCUT2D eigenvalue weighted by atomic mass is 16.3. The number of aryl methyl sites for hydroxylation is 1. The molecular weight excluding hydrogens is 236 g/mol. The van der Waals surface area contributed by atoms with Crippen molar-refractivity contribution in [3.05, 3.63) is 23.3 Å². The zero-order chi connectivity index (χ0) is 14.0. The van der Waals surface area contributed by atoms with Gasteiger partial charge in [-0.05, 0) is 60.5 Å². The first kappa shape index (κ1) is 12.8. The van der Waals surface area contributed by atoms with Crippen molar-refractivity contribution < 1.29 is 10.2 Å². The van der Waals surface area contributed by atoms with E-state index >= 15 is 0 Å². The molecule has 0 amide bonds. The van der Waals surface area contributed by atoms with E-state index in [2.05, 4.69) is 26.8 Å². The summed E-state index contributed by atoms with van der Waals surface area (Å²) in [7, 11) is 0. The third kappa shape index (κ3) is 1.49. The molecule has 104 valence electrons. The Morgan fingerprint density at radius 2 is 1.84 bits per heavy atom. The lowest BCUT2D eigenvalue weighted by atomic mass is 9.65. The lowest BCUT2D eigenvalue weighted by molar-refractivity contribution is 0.133. The maximum atomic E-state index is 10.2. The molecule has 2 saturated carbocycles. The fraction of sp³-hybridized carbons (Fsp3) is 0.647. The van der Waals surface area contributed by atoms with Crippen molar-refractivity contribution in [3.63, 3.8) is 0 Å². The molecule has 1 aromatic carbocycles. The number of phenolic OH excluding ortho intramolecular Hbond substituents is 2. The molecule has 2 aliphatic rings.